The quantitative estimate of drug-likeness (QED) is 0.656. The van der Waals surface area contributed by atoms with Crippen LogP contribution in [-0.4, -0.2) is 56.9 Å². The number of piperidine rings is 1. The number of anilines is 1. The van der Waals surface area contributed by atoms with Crippen molar-refractivity contribution in [2.24, 2.45) is 5.92 Å². The Morgan fingerprint density at radius 2 is 1.81 bits per heavy atom. The molecule has 2 atom stereocenters. The summed E-state index contributed by atoms with van der Waals surface area (Å²) in [6.07, 6.45) is 3.18. The molecule has 0 bridgehead atoms. The third-order valence-electron chi connectivity index (χ3n) is 6.52. The molecule has 2 aromatic rings. The molecule has 0 aliphatic carbocycles. The van der Waals surface area contributed by atoms with Gasteiger partial charge in [-0.3, -0.25) is 0 Å². The second kappa shape index (κ2) is 11.0. The van der Waals surface area contributed by atoms with Gasteiger partial charge in [0, 0.05) is 55.5 Å². The normalized spacial score (nSPS) is 22.3. The average molecular weight is 458 g/mol. The first-order valence-electron chi connectivity index (χ1n) is 11.4. The molecule has 4 rings (SSSR count). The first-order valence-corrected chi connectivity index (χ1v) is 11.8. The van der Waals surface area contributed by atoms with Gasteiger partial charge >= 0.3 is 6.03 Å². The summed E-state index contributed by atoms with van der Waals surface area (Å²) in [5, 5.41) is 6.80. The van der Waals surface area contributed by atoms with Gasteiger partial charge in [-0.25, -0.2) is 4.79 Å². The number of amides is 2. The van der Waals surface area contributed by atoms with E-state index in [1.807, 2.05) is 12.1 Å². The largest absolute Gasteiger partial charge is 0.497 e. The zero-order valence-corrected chi connectivity index (χ0v) is 19.3. The van der Waals surface area contributed by atoms with Gasteiger partial charge in [-0.15, -0.1) is 0 Å². The van der Waals surface area contributed by atoms with Crippen molar-refractivity contribution in [3.63, 3.8) is 0 Å². The minimum atomic E-state index is -0.186. The van der Waals surface area contributed by atoms with Crippen LogP contribution in [0.3, 0.4) is 0 Å². The summed E-state index contributed by atoms with van der Waals surface area (Å²) in [5.74, 6) is 1.75. The van der Waals surface area contributed by atoms with Crippen molar-refractivity contribution in [1.82, 2.24) is 10.2 Å². The van der Waals surface area contributed by atoms with E-state index in [4.69, 9.17) is 21.1 Å². The molecule has 1 unspecified atom stereocenters. The maximum atomic E-state index is 12.7. The second-order valence-corrected chi connectivity index (χ2v) is 9.13. The van der Waals surface area contributed by atoms with E-state index in [-0.39, 0.29) is 18.0 Å². The van der Waals surface area contributed by atoms with E-state index in [9.17, 15) is 4.79 Å². The van der Waals surface area contributed by atoms with Crippen molar-refractivity contribution in [2.45, 2.75) is 31.2 Å². The fourth-order valence-corrected chi connectivity index (χ4v) is 4.84. The average Bonchev–Trinajstić information content (AvgIpc) is 2.82. The molecule has 0 aromatic heterocycles. The molecular weight excluding hydrogens is 426 g/mol. The molecule has 2 aliphatic rings. The topological polar surface area (TPSA) is 62.8 Å². The van der Waals surface area contributed by atoms with E-state index in [2.05, 4.69) is 27.7 Å². The molecule has 2 aromatic carbocycles. The zero-order valence-electron chi connectivity index (χ0n) is 18.6. The van der Waals surface area contributed by atoms with E-state index >= 15 is 0 Å². The highest BCUT2D eigenvalue weighted by molar-refractivity contribution is 6.30. The standard InChI is InChI=1S/C25H32ClN3O3/c1-31-22-8-2-19(3-9-22)23-17-29(16-18-11-14-32-15-12-18)13-10-24(23)28-25(30)27-21-6-4-20(26)5-7-21/h2-9,18,23-24H,10-17H2,1H3,(H2,27,28,30)/t23?,24-/m1/s1. The number of halogens is 1. The lowest BCUT2D eigenvalue weighted by atomic mass is 9.85. The predicted octanol–water partition coefficient (Wildman–Crippen LogP) is 4.75. The number of ether oxygens (including phenoxy) is 2. The molecule has 2 N–H and O–H groups in total. The highest BCUT2D eigenvalue weighted by atomic mass is 35.5. The number of carbonyl (C=O) groups is 1. The van der Waals surface area contributed by atoms with Gasteiger partial charge < -0.3 is 25.0 Å². The van der Waals surface area contributed by atoms with Gasteiger partial charge in [0.05, 0.1) is 7.11 Å². The van der Waals surface area contributed by atoms with Crippen LogP contribution in [0.15, 0.2) is 48.5 Å². The number of methoxy groups -OCH3 is 1. The number of nitrogens with zero attached hydrogens (tertiary/aromatic N) is 1. The van der Waals surface area contributed by atoms with E-state index in [1.165, 1.54) is 5.56 Å². The zero-order chi connectivity index (χ0) is 22.3. The summed E-state index contributed by atoms with van der Waals surface area (Å²) in [6.45, 7) is 4.75. The number of benzene rings is 2. The summed E-state index contributed by atoms with van der Waals surface area (Å²) >= 11 is 5.95. The Balaban J connectivity index is 1.43. The van der Waals surface area contributed by atoms with Gasteiger partial charge in [0.1, 0.15) is 5.75 Å². The summed E-state index contributed by atoms with van der Waals surface area (Å²) in [4.78, 5) is 15.3. The van der Waals surface area contributed by atoms with Crippen LogP contribution in [0, 0.1) is 5.92 Å². The smallest absolute Gasteiger partial charge is 0.319 e. The predicted molar refractivity (Wildman–Crippen MR) is 128 cm³/mol. The summed E-state index contributed by atoms with van der Waals surface area (Å²) in [7, 11) is 1.68. The Kier molecular flexibility index (Phi) is 7.90. The molecule has 2 heterocycles. The van der Waals surface area contributed by atoms with Gasteiger partial charge in [-0.2, -0.15) is 0 Å². The second-order valence-electron chi connectivity index (χ2n) is 8.70. The van der Waals surface area contributed by atoms with Crippen LogP contribution in [0.1, 0.15) is 30.7 Å². The maximum Gasteiger partial charge on any atom is 0.319 e. The number of carbonyl (C=O) groups excluding carboxylic acids is 1. The Hall–Kier alpha value is -2.28. The molecule has 0 spiro atoms. The van der Waals surface area contributed by atoms with Crippen LogP contribution < -0.4 is 15.4 Å². The fourth-order valence-electron chi connectivity index (χ4n) is 4.71. The van der Waals surface area contributed by atoms with Crippen molar-refractivity contribution < 1.29 is 14.3 Å². The highest BCUT2D eigenvalue weighted by Gasteiger charge is 2.32. The fraction of sp³-hybridized carbons (Fsp3) is 0.480. The van der Waals surface area contributed by atoms with Gasteiger partial charge in [0.2, 0.25) is 0 Å². The Bertz CT molecular complexity index is 869. The van der Waals surface area contributed by atoms with Crippen LogP contribution >= 0.6 is 11.6 Å². The van der Waals surface area contributed by atoms with E-state index in [1.54, 1.807) is 31.4 Å². The van der Waals surface area contributed by atoms with Gasteiger partial charge in [-0.05, 0) is 67.1 Å². The number of urea groups is 1. The van der Waals surface area contributed by atoms with Crippen molar-refractivity contribution in [3.05, 3.63) is 59.1 Å². The van der Waals surface area contributed by atoms with Gasteiger partial charge in [0.15, 0.2) is 0 Å². The first kappa shape index (κ1) is 22.9. The highest BCUT2D eigenvalue weighted by Crippen LogP contribution is 2.30. The van der Waals surface area contributed by atoms with Crippen molar-refractivity contribution >= 4 is 23.3 Å². The summed E-state index contributed by atoms with van der Waals surface area (Å²) in [6, 6.07) is 15.3. The first-order chi connectivity index (χ1) is 15.6. The maximum absolute atomic E-state index is 12.7. The van der Waals surface area contributed by atoms with Crippen molar-refractivity contribution in [3.8, 4) is 5.75 Å². The van der Waals surface area contributed by atoms with Crippen LogP contribution in [0.4, 0.5) is 10.5 Å². The molecule has 2 amide bonds. The molecule has 2 saturated heterocycles. The van der Waals surface area contributed by atoms with Crippen molar-refractivity contribution in [1.29, 1.82) is 0 Å². The van der Waals surface area contributed by atoms with Crippen LogP contribution in [0.25, 0.3) is 0 Å². The Morgan fingerprint density at radius 1 is 1.09 bits per heavy atom. The number of rotatable bonds is 6. The van der Waals surface area contributed by atoms with Crippen LogP contribution in [-0.2, 0) is 4.74 Å². The minimum Gasteiger partial charge on any atom is -0.497 e. The number of hydrogen-bond donors (Lipinski definition) is 2. The lowest BCUT2D eigenvalue weighted by molar-refractivity contribution is 0.0463. The molecule has 2 fully saturated rings. The summed E-state index contributed by atoms with van der Waals surface area (Å²) < 4.78 is 10.9. The Morgan fingerprint density at radius 3 is 2.50 bits per heavy atom. The van der Waals surface area contributed by atoms with E-state index in [0.29, 0.717) is 10.9 Å². The lowest BCUT2D eigenvalue weighted by Crippen LogP contribution is -2.51. The lowest BCUT2D eigenvalue weighted by Gasteiger charge is -2.41. The molecular formula is C25H32ClN3O3. The SMILES string of the molecule is COc1ccc(C2CN(CC3CCOCC3)CC[C@H]2NC(=O)Nc2ccc(Cl)cc2)cc1. The third-order valence-corrected chi connectivity index (χ3v) is 6.77. The van der Waals surface area contributed by atoms with Crippen LogP contribution in [0.5, 0.6) is 5.75 Å². The van der Waals surface area contributed by atoms with Crippen molar-refractivity contribution in [2.75, 3.05) is 45.3 Å². The number of nitrogens with one attached hydrogen (secondary N) is 2. The monoisotopic (exact) mass is 457 g/mol. The Labute approximate surface area is 195 Å². The van der Waals surface area contributed by atoms with Crippen LogP contribution in [0.2, 0.25) is 5.02 Å². The third kappa shape index (κ3) is 6.15. The number of likely N-dealkylation sites (tertiary alicyclic amines) is 1. The van der Waals surface area contributed by atoms with Gasteiger partial charge in [-0.1, -0.05) is 23.7 Å². The van der Waals surface area contributed by atoms with E-state index in [0.717, 1.165) is 63.5 Å². The number of hydrogen-bond acceptors (Lipinski definition) is 4. The molecule has 0 radical (unpaired) electrons. The molecule has 7 heteroatoms. The molecule has 6 nitrogen and oxygen atoms in total. The molecule has 2 aliphatic heterocycles. The van der Waals surface area contributed by atoms with E-state index < -0.39 is 0 Å². The molecule has 172 valence electrons. The van der Waals surface area contributed by atoms with Gasteiger partial charge in [0.25, 0.3) is 0 Å². The molecule has 32 heavy (non-hydrogen) atoms. The molecule has 0 saturated carbocycles. The minimum absolute atomic E-state index is 0.0571. The summed E-state index contributed by atoms with van der Waals surface area (Å²) in [5.41, 5.74) is 1.95.